The van der Waals surface area contributed by atoms with Crippen LogP contribution in [0.3, 0.4) is 0 Å². The highest BCUT2D eigenvalue weighted by atomic mass is 19.2. The van der Waals surface area contributed by atoms with E-state index in [1.807, 2.05) is 0 Å². The van der Waals surface area contributed by atoms with Crippen molar-refractivity contribution < 1.29 is 22.4 Å². The fourth-order valence-electron chi connectivity index (χ4n) is 1.49. The molecule has 0 aliphatic carbocycles. The van der Waals surface area contributed by atoms with E-state index in [9.17, 15) is 18.0 Å². The van der Waals surface area contributed by atoms with Crippen LogP contribution in [0, 0.1) is 24.4 Å². The number of hydrogen-bond donors (Lipinski definition) is 1. The summed E-state index contributed by atoms with van der Waals surface area (Å²) in [7, 11) is 0. The van der Waals surface area contributed by atoms with E-state index in [0.717, 1.165) is 12.1 Å². The lowest BCUT2D eigenvalue weighted by Crippen LogP contribution is -2.14. The predicted octanol–water partition coefficient (Wildman–Crippen LogP) is 2.37. The van der Waals surface area contributed by atoms with Crippen LogP contribution in [0.25, 0.3) is 0 Å². The second-order valence-electron chi connectivity index (χ2n) is 3.99. The maximum Gasteiger partial charge on any atom is 0.224 e. The molecule has 5 nitrogen and oxygen atoms in total. The van der Waals surface area contributed by atoms with Gasteiger partial charge in [0.25, 0.3) is 0 Å². The number of carbonyl (C=O) groups excluding carboxylic acids is 1. The first-order valence-electron chi connectivity index (χ1n) is 5.69. The van der Waals surface area contributed by atoms with Crippen LogP contribution in [-0.4, -0.2) is 16.1 Å². The van der Waals surface area contributed by atoms with Crippen LogP contribution in [0.15, 0.2) is 16.5 Å². The lowest BCUT2D eigenvalue weighted by atomic mass is 10.2. The molecule has 1 aromatic carbocycles. The first kappa shape index (κ1) is 14.0. The Labute approximate surface area is 111 Å². The quantitative estimate of drug-likeness (QED) is 0.876. The molecule has 1 amide bonds. The summed E-state index contributed by atoms with van der Waals surface area (Å²) in [4.78, 5) is 11.6. The highest BCUT2D eigenvalue weighted by Gasteiger charge is 2.15. The molecule has 0 bridgehead atoms. The number of halogens is 3. The van der Waals surface area contributed by atoms with E-state index >= 15 is 0 Å². The van der Waals surface area contributed by atoms with Crippen molar-refractivity contribution in [2.24, 2.45) is 0 Å². The Morgan fingerprint density at radius 2 is 2.00 bits per heavy atom. The molecule has 2 rings (SSSR count). The van der Waals surface area contributed by atoms with Gasteiger partial charge in [0.05, 0.1) is 5.69 Å². The molecule has 0 atom stereocenters. The number of aromatic nitrogens is 2. The Kier molecular flexibility index (Phi) is 4.02. The largest absolute Gasteiger partial charge is 0.426 e. The van der Waals surface area contributed by atoms with Crippen molar-refractivity contribution in [2.75, 3.05) is 5.32 Å². The number of anilines is 1. The van der Waals surface area contributed by atoms with Crippen LogP contribution in [-0.2, 0) is 11.2 Å². The molecule has 0 unspecified atom stereocenters. The zero-order valence-electron chi connectivity index (χ0n) is 10.4. The fourth-order valence-corrected chi connectivity index (χ4v) is 1.49. The minimum atomic E-state index is -1.63. The predicted molar refractivity (Wildman–Crippen MR) is 62.3 cm³/mol. The highest BCUT2D eigenvalue weighted by molar-refractivity contribution is 5.90. The van der Waals surface area contributed by atoms with Gasteiger partial charge in [-0.25, -0.2) is 13.2 Å². The molecule has 1 heterocycles. The first-order valence-corrected chi connectivity index (χ1v) is 5.69. The number of benzene rings is 1. The van der Waals surface area contributed by atoms with Gasteiger partial charge in [0.1, 0.15) is 0 Å². The number of nitrogens with zero attached hydrogens (tertiary/aromatic N) is 2. The molecule has 0 aliphatic heterocycles. The normalized spacial score (nSPS) is 10.6. The Balaban J connectivity index is 1.96. The average Bonchev–Trinajstić information content (AvgIpc) is 2.83. The molecule has 8 heteroatoms. The summed E-state index contributed by atoms with van der Waals surface area (Å²) in [6.45, 7) is 1.60. The monoisotopic (exact) mass is 285 g/mol. The SMILES string of the molecule is Cc1nnc(CCC(=O)Nc2ccc(F)c(F)c2F)o1. The van der Waals surface area contributed by atoms with Gasteiger partial charge >= 0.3 is 0 Å². The third-order valence-electron chi connectivity index (χ3n) is 2.44. The zero-order valence-corrected chi connectivity index (χ0v) is 10.4. The maximum atomic E-state index is 13.3. The van der Waals surface area contributed by atoms with Crippen molar-refractivity contribution in [3.8, 4) is 0 Å². The summed E-state index contributed by atoms with van der Waals surface area (Å²) >= 11 is 0. The summed E-state index contributed by atoms with van der Waals surface area (Å²) in [5.41, 5.74) is -0.421. The molecular weight excluding hydrogens is 275 g/mol. The molecule has 2 aromatic rings. The summed E-state index contributed by atoms with van der Waals surface area (Å²) in [6.07, 6.45) is 0.109. The van der Waals surface area contributed by atoms with Crippen LogP contribution in [0.2, 0.25) is 0 Å². The van der Waals surface area contributed by atoms with E-state index in [4.69, 9.17) is 4.42 Å². The Morgan fingerprint density at radius 1 is 1.25 bits per heavy atom. The number of amides is 1. The average molecular weight is 285 g/mol. The minimum Gasteiger partial charge on any atom is -0.426 e. The van der Waals surface area contributed by atoms with Gasteiger partial charge in [-0.1, -0.05) is 0 Å². The number of hydrogen-bond acceptors (Lipinski definition) is 4. The van der Waals surface area contributed by atoms with Gasteiger partial charge in [-0.3, -0.25) is 4.79 Å². The number of nitrogens with one attached hydrogen (secondary N) is 1. The molecular formula is C12H10F3N3O2. The molecule has 106 valence electrons. The first-order chi connectivity index (χ1) is 9.47. The van der Waals surface area contributed by atoms with Crippen LogP contribution in [0.5, 0.6) is 0 Å². The Morgan fingerprint density at radius 3 is 2.65 bits per heavy atom. The third-order valence-corrected chi connectivity index (χ3v) is 2.44. The zero-order chi connectivity index (χ0) is 14.7. The topological polar surface area (TPSA) is 68.0 Å². The lowest BCUT2D eigenvalue weighted by Gasteiger charge is -2.06. The standard InChI is InChI=1S/C12H10F3N3O2/c1-6-17-18-10(20-6)5-4-9(19)16-8-3-2-7(13)11(14)12(8)15/h2-3H,4-5H2,1H3,(H,16,19). The van der Waals surface area contributed by atoms with Gasteiger partial charge in [-0.05, 0) is 12.1 Å². The van der Waals surface area contributed by atoms with Gasteiger partial charge in [0, 0.05) is 19.8 Å². The van der Waals surface area contributed by atoms with Gasteiger partial charge < -0.3 is 9.73 Å². The van der Waals surface area contributed by atoms with Gasteiger partial charge in [0.15, 0.2) is 17.5 Å². The third kappa shape index (κ3) is 3.14. The number of carbonyl (C=O) groups is 1. The smallest absolute Gasteiger partial charge is 0.224 e. The Hall–Kier alpha value is -2.38. The van der Waals surface area contributed by atoms with Crippen LogP contribution in [0.4, 0.5) is 18.9 Å². The maximum absolute atomic E-state index is 13.3. The van der Waals surface area contributed by atoms with Crippen molar-refractivity contribution in [1.82, 2.24) is 10.2 Å². The summed E-state index contributed by atoms with van der Waals surface area (Å²) in [5.74, 6) is -4.33. The van der Waals surface area contributed by atoms with Gasteiger partial charge in [-0.2, -0.15) is 0 Å². The molecule has 1 aromatic heterocycles. The molecule has 0 aliphatic rings. The molecule has 0 saturated heterocycles. The van der Waals surface area contributed by atoms with Crippen molar-refractivity contribution in [3.05, 3.63) is 41.4 Å². The van der Waals surface area contributed by atoms with Gasteiger partial charge in [-0.15, -0.1) is 10.2 Å². The summed E-state index contributed by atoms with van der Waals surface area (Å²) in [6, 6.07) is 1.68. The number of rotatable bonds is 4. The van der Waals surface area contributed by atoms with E-state index in [1.54, 1.807) is 6.92 Å². The Bertz CT molecular complexity index is 643. The van der Waals surface area contributed by atoms with Crippen molar-refractivity contribution in [1.29, 1.82) is 0 Å². The van der Waals surface area contributed by atoms with Crippen molar-refractivity contribution >= 4 is 11.6 Å². The van der Waals surface area contributed by atoms with Gasteiger partial charge in [0.2, 0.25) is 17.7 Å². The van der Waals surface area contributed by atoms with Crippen LogP contribution < -0.4 is 5.32 Å². The summed E-state index contributed by atoms with van der Waals surface area (Å²) < 4.78 is 44.0. The van der Waals surface area contributed by atoms with E-state index in [0.29, 0.717) is 5.89 Å². The van der Waals surface area contributed by atoms with Crippen LogP contribution >= 0.6 is 0 Å². The van der Waals surface area contributed by atoms with Crippen molar-refractivity contribution in [3.63, 3.8) is 0 Å². The van der Waals surface area contributed by atoms with E-state index in [-0.39, 0.29) is 18.7 Å². The van der Waals surface area contributed by atoms with Crippen LogP contribution in [0.1, 0.15) is 18.2 Å². The fraction of sp³-hybridized carbons (Fsp3) is 0.250. The van der Waals surface area contributed by atoms with E-state index < -0.39 is 29.0 Å². The molecule has 0 saturated carbocycles. The molecule has 1 N–H and O–H groups in total. The lowest BCUT2D eigenvalue weighted by molar-refractivity contribution is -0.116. The van der Waals surface area contributed by atoms with E-state index in [1.165, 1.54) is 0 Å². The summed E-state index contributed by atoms with van der Waals surface area (Å²) in [5, 5.41) is 9.42. The van der Waals surface area contributed by atoms with E-state index in [2.05, 4.69) is 15.5 Å². The minimum absolute atomic E-state index is 0.0555. The molecule has 0 radical (unpaired) electrons. The molecule has 0 spiro atoms. The molecule has 0 fully saturated rings. The number of aryl methyl sites for hydroxylation is 2. The highest BCUT2D eigenvalue weighted by Crippen LogP contribution is 2.19. The second-order valence-corrected chi connectivity index (χ2v) is 3.99. The van der Waals surface area contributed by atoms with Crippen molar-refractivity contribution in [2.45, 2.75) is 19.8 Å². The molecule has 20 heavy (non-hydrogen) atoms. The second kappa shape index (κ2) is 5.72.